The fraction of sp³-hybridized carbons (Fsp3) is 0.348. The van der Waals surface area contributed by atoms with Crippen LogP contribution >= 0.6 is 0 Å². The van der Waals surface area contributed by atoms with E-state index in [-0.39, 0.29) is 35.7 Å². The molecule has 166 valence electrons. The normalized spacial score (nSPS) is 21.6. The Kier molecular flexibility index (Phi) is 6.16. The number of hydrogen-bond donors (Lipinski definition) is 4. The Morgan fingerprint density at radius 2 is 1.97 bits per heavy atom. The predicted molar refractivity (Wildman–Crippen MR) is 119 cm³/mol. The van der Waals surface area contributed by atoms with Gasteiger partial charge in [0.1, 0.15) is 11.8 Å². The minimum Gasteiger partial charge on any atom is -0.376 e. The highest BCUT2D eigenvalue weighted by Crippen LogP contribution is 2.40. The number of amides is 3. The Balaban J connectivity index is 1.34. The lowest BCUT2D eigenvalue weighted by Gasteiger charge is -2.24. The molecule has 2 heterocycles. The van der Waals surface area contributed by atoms with Gasteiger partial charge in [-0.15, -0.1) is 0 Å². The van der Waals surface area contributed by atoms with Crippen molar-refractivity contribution in [1.29, 1.82) is 5.41 Å². The third kappa shape index (κ3) is 4.61. The Morgan fingerprint density at radius 1 is 1.19 bits per heavy atom. The largest absolute Gasteiger partial charge is 0.376 e. The van der Waals surface area contributed by atoms with E-state index in [0.717, 1.165) is 12.8 Å². The number of rotatable bonds is 8. The molecule has 9 nitrogen and oxygen atoms in total. The number of pyridine rings is 1. The molecule has 1 saturated heterocycles. The van der Waals surface area contributed by atoms with Gasteiger partial charge in [0.2, 0.25) is 11.8 Å². The van der Waals surface area contributed by atoms with E-state index >= 15 is 0 Å². The molecule has 3 amide bonds. The van der Waals surface area contributed by atoms with Gasteiger partial charge in [0.25, 0.3) is 5.91 Å². The van der Waals surface area contributed by atoms with Crippen LogP contribution < -0.4 is 16.4 Å². The average molecular weight is 435 g/mol. The number of carbonyl (C=O) groups is 3. The first kappa shape index (κ1) is 21.5. The zero-order valence-corrected chi connectivity index (χ0v) is 17.6. The van der Waals surface area contributed by atoms with Crippen LogP contribution in [0.25, 0.3) is 0 Å². The fourth-order valence-corrected chi connectivity index (χ4v) is 4.19. The molecule has 0 spiro atoms. The Labute approximate surface area is 185 Å². The van der Waals surface area contributed by atoms with Crippen LogP contribution in [0.4, 0.5) is 5.69 Å². The van der Waals surface area contributed by atoms with Crippen LogP contribution in [0.2, 0.25) is 0 Å². The second kappa shape index (κ2) is 9.17. The second-order valence-electron chi connectivity index (χ2n) is 8.13. The Hall–Kier alpha value is -3.75. The van der Waals surface area contributed by atoms with Crippen molar-refractivity contribution in [2.75, 3.05) is 18.4 Å². The SMILES string of the molecule is N=C(C(N)=O)c1cnccc1NCC(=O)N1CCC[C@H]1C(=O)N[C@@H]1C[C@H]1c1ccccc1. The molecule has 2 aromatic rings. The number of anilines is 1. The first-order chi connectivity index (χ1) is 15.5. The van der Waals surface area contributed by atoms with Gasteiger partial charge >= 0.3 is 0 Å². The van der Waals surface area contributed by atoms with E-state index < -0.39 is 11.9 Å². The van der Waals surface area contributed by atoms with Crippen molar-refractivity contribution in [1.82, 2.24) is 15.2 Å². The lowest BCUT2D eigenvalue weighted by Crippen LogP contribution is -2.48. The molecule has 5 N–H and O–H groups in total. The van der Waals surface area contributed by atoms with E-state index in [9.17, 15) is 14.4 Å². The number of likely N-dealkylation sites (tertiary alicyclic amines) is 1. The minimum absolute atomic E-state index is 0.0666. The molecule has 0 bridgehead atoms. The fourth-order valence-electron chi connectivity index (χ4n) is 4.19. The zero-order valence-electron chi connectivity index (χ0n) is 17.6. The summed E-state index contributed by atoms with van der Waals surface area (Å²) in [4.78, 5) is 42.6. The minimum atomic E-state index is -0.877. The maximum Gasteiger partial charge on any atom is 0.267 e. The first-order valence-electron chi connectivity index (χ1n) is 10.7. The number of nitrogens with two attached hydrogens (primary N) is 1. The van der Waals surface area contributed by atoms with E-state index in [4.69, 9.17) is 11.1 Å². The van der Waals surface area contributed by atoms with Crippen LogP contribution in [-0.4, -0.2) is 58.5 Å². The summed E-state index contributed by atoms with van der Waals surface area (Å²) in [5.74, 6) is -0.874. The molecule has 0 unspecified atom stereocenters. The van der Waals surface area contributed by atoms with E-state index in [0.29, 0.717) is 24.6 Å². The smallest absolute Gasteiger partial charge is 0.267 e. The van der Waals surface area contributed by atoms with E-state index in [1.54, 1.807) is 11.0 Å². The zero-order chi connectivity index (χ0) is 22.7. The molecule has 2 fully saturated rings. The molecule has 1 aliphatic carbocycles. The number of nitrogens with one attached hydrogen (secondary N) is 3. The summed E-state index contributed by atoms with van der Waals surface area (Å²) < 4.78 is 0. The number of nitrogens with zero attached hydrogens (tertiary/aromatic N) is 2. The summed E-state index contributed by atoms with van der Waals surface area (Å²) >= 11 is 0. The molecule has 9 heteroatoms. The predicted octanol–water partition coefficient (Wildman–Crippen LogP) is 1.01. The van der Waals surface area contributed by atoms with Crippen LogP contribution in [0.15, 0.2) is 48.8 Å². The van der Waals surface area contributed by atoms with Gasteiger partial charge < -0.3 is 21.3 Å². The molecule has 32 heavy (non-hydrogen) atoms. The summed E-state index contributed by atoms with van der Waals surface area (Å²) in [5, 5.41) is 13.9. The van der Waals surface area contributed by atoms with Gasteiger partial charge in [0.05, 0.1) is 6.54 Å². The first-order valence-corrected chi connectivity index (χ1v) is 10.7. The van der Waals surface area contributed by atoms with Crippen LogP contribution in [0.5, 0.6) is 0 Å². The molecule has 4 rings (SSSR count). The van der Waals surface area contributed by atoms with Crippen molar-refractivity contribution >= 4 is 29.1 Å². The lowest BCUT2D eigenvalue weighted by molar-refractivity contribution is -0.137. The van der Waals surface area contributed by atoms with Gasteiger partial charge in [-0.2, -0.15) is 0 Å². The van der Waals surface area contributed by atoms with Crippen LogP contribution in [0, 0.1) is 5.41 Å². The van der Waals surface area contributed by atoms with Gasteiger partial charge in [0.15, 0.2) is 0 Å². The summed E-state index contributed by atoms with van der Waals surface area (Å²) in [7, 11) is 0. The van der Waals surface area contributed by atoms with E-state index in [1.165, 1.54) is 18.0 Å². The maximum atomic E-state index is 12.9. The highest BCUT2D eigenvalue weighted by molar-refractivity contribution is 6.44. The Bertz CT molecular complexity index is 1040. The van der Waals surface area contributed by atoms with Crippen molar-refractivity contribution in [2.24, 2.45) is 5.73 Å². The molecular weight excluding hydrogens is 408 g/mol. The molecule has 1 aromatic heterocycles. The second-order valence-corrected chi connectivity index (χ2v) is 8.13. The van der Waals surface area contributed by atoms with Crippen molar-refractivity contribution in [3.63, 3.8) is 0 Å². The van der Waals surface area contributed by atoms with Crippen molar-refractivity contribution in [2.45, 2.75) is 37.3 Å². The molecular formula is C23H26N6O3. The third-order valence-corrected chi connectivity index (χ3v) is 5.99. The number of hydrogen-bond acceptors (Lipinski definition) is 6. The quantitative estimate of drug-likeness (QED) is 0.459. The number of primary amides is 1. The molecule has 1 aliphatic heterocycles. The van der Waals surface area contributed by atoms with E-state index in [1.807, 2.05) is 18.2 Å². The maximum absolute atomic E-state index is 12.9. The summed E-state index contributed by atoms with van der Waals surface area (Å²) in [5.41, 5.74) is 6.67. The number of aromatic nitrogens is 1. The van der Waals surface area contributed by atoms with Gasteiger partial charge in [-0.3, -0.25) is 24.8 Å². The third-order valence-electron chi connectivity index (χ3n) is 5.99. The monoisotopic (exact) mass is 434 g/mol. The number of benzene rings is 1. The van der Waals surface area contributed by atoms with Gasteiger partial charge in [-0.25, -0.2) is 0 Å². The van der Waals surface area contributed by atoms with Crippen molar-refractivity contribution in [3.8, 4) is 0 Å². The topological polar surface area (TPSA) is 141 Å². The molecule has 3 atom stereocenters. The average Bonchev–Trinajstić information content (AvgIpc) is 3.39. The molecule has 2 aliphatic rings. The summed E-state index contributed by atoms with van der Waals surface area (Å²) in [6.45, 7) is 0.453. The van der Waals surface area contributed by atoms with Crippen molar-refractivity contribution < 1.29 is 14.4 Å². The van der Waals surface area contributed by atoms with Crippen LogP contribution in [0.3, 0.4) is 0 Å². The van der Waals surface area contributed by atoms with Gasteiger partial charge in [0, 0.05) is 42.1 Å². The van der Waals surface area contributed by atoms with Crippen molar-refractivity contribution in [3.05, 3.63) is 59.9 Å². The number of carbonyl (C=O) groups excluding carboxylic acids is 3. The van der Waals surface area contributed by atoms with E-state index in [2.05, 4.69) is 27.8 Å². The van der Waals surface area contributed by atoms with Crippen LogP contribution in [0.1, 0.15) is 36.3 Å². The van der Waals surface area contributed by atoms with Crippen LogP contribution in [-0.2, 0) is 14.4 Å². The van der Waals surface area contributed by atoms with Gasteiger partial charge in [-0.05, 0) is 30.9 Å². The molecule has 1 saturated carbocycles. The summed E-state index contributed by atoms with van der Waals surface area (Å²) in [6.07, 6.45) is 5.16. The highest BCUT2D eigenvalue weighted by atomic mass is 16.2. The molecule has 0 radical (unpaired) electrons. The molecule has 1 aromatic carbocycles. The highest BCUT2D eigenvalue weighted by Gasteiger charge is 2.42. The van der Waals surface area contributed by atoms with Gasteiger partial charge in [-0.1, -0.05) is 30.3 Å². The Morgan fingerprint density at radius 3 is 2.72 bits per heavy atom. The standard InChI is InChI=1S/C23H26N6O3/c24-21(22(25)31)16-12-26-9-8-17(16)27-13-20(30)29-10-4-7-19(29)23(32)28-18-11-15(18)14-5-2-1-3-6-14/h1-3,5-6,8-9,12,15,18-19,24H,4,7,10-11,13H2,(H2,25,31)(H,26,27)(H,28,32)/t15-,18+,19-/m0/s1. The lowest BCUT2D eigenvalue weighted by atomic mass is 10.1. The summed E-state index contributed by atoms with van der Waals surface area (Å²) in [6, 6.07) is 11.3.